The second kappa shape index (κ2) is 3.42. The third-order valence-electron chi connectivity index (χ3n) is 1.42. The van der Waals surface area contributed by atoms with Crippen molar-refractivity contribution < 1.29 is 9.53 Å². The van der Waals surface area contributed by atoms with Crippen molar-refractivity contribution in [3.05, 3.63) is 5.43 Å². The molecule has 0 bridgehead atoms. The van der Waals surface area contributed by atoms with Gasteiger partial charge < -0.3 is 4.74 Å². The number of methoxy groups -OCH3 is 1. The molecule has 0 aliphatic carbocycles. The van der Waals surface area contributed by atoms with E-state index >= 15 is 0 Å². The molecule has 5 nitrogen and oxygen atoms in total. The van der Waals surface area contributed by atoms with E-state index in [0.29, 0.717) is 8.35 Å². The largest absolute Gasteiger partial charge is 0.451 e. The van der Waals surface area contributed by atoms with Crippen molar-refractivity contribution in [1.29, 1.82) is 0 Å². The zero-order chi connectivity index (χ0) is 10.1. The van der Waals surface area contributed by atoms with Gasteiger partial charge in [0.2, 0.25) is 0 Å². The van der Waals surface area contributed by atoms with Gasteiger partial charge in [0.15, 0.2) is 0 Å². The van der Waals surface area contributed by atoms with Gasteiger partial charge in [-0.1, -0.05) is 26.0 Å². The van der Waals surface area contributed by atoms with Gasteiger partial charge in [0, 0.05) is 5.41 Å². The minimum Gasteiger partial charge on any atom is -0.451 e. The first-order valence-corrected chi connectivity index (χ1v) is 4.68. The average molecular weight is 201 g/mol. The molecule has 0 fully saturated rings. The molecule has 0 spiro atoms. The third kappa shape index (κ3) is 2.25. The highest BCUT2D eigenvalue weighted by Crippen LogP contribution is 2.26. The summed E-state index contributed by atoms with van der Waals surface area (Å²) in [6.07, 6.45) is -0.482. The Hall–Kier alpha value is -0.960. The highest BCUT2D eigenvalue weighted by atomic mass is 31.0. The van der Waals surface area contributed by atoms with Gasteiger partial charge in [-0.3, -0.25) is 0 Å². The molecule has 0 unspecified atom stereocenters. The summed E-state index contributed by atoms with van der Waals surface area (Å²) in [6.45, 7) is 6.07. The maximum absolute atomic E-state index is 11.0. The summed E-state index contributed by atoms with van der Waals surface area (Å²) in [6, 6.07) is 0. The molecule has 0 aliphatic rings. The standard InChI is InChI=1S/C7H12N3O2P/c1-7(2,3)5-8-9-10(13-5)6(11)12-4/h1-4H3. The summed E-state index contributed by atoms with van der Waals surface area (Å²) in [7, 11) is 2.00. The quantitative estimate of drug-likeness (QED) is 0.641. The molecule has 1 heterocycles. The van der Waals surface area contributed by atoms with Gasteiger partial charge in [0.1, 0.15) is 5.43 Å². The van der Waals surface area contributed by atoms with Crippen LogP contribution in [0.2, 0.25) is 0 Å². The van der Waals surface area contributed by atoms with E-state index in [1.165, 1.54) is 11.6 Å². The van der Waals surface area contributed by atoms with Crippen LogP contribution in [0.3, 0.4) is 0 Å². The fraction of sp³-hybridized carbons (Fsp3) is 0.714. The molecule has 6 heteroatoms. The van der Waals surface area contributed by atoms with Crippen LogP contribution in [0.4, 0.5) is 4.79 Å². The predicted molar refractivity (Wildman–Crippen MR) is 49.0 cm³/mol. The number of ether oxygens (including phenoxy) is 1. The van der Waals surface area contributed by atoms with Crippen molar-refractivity contribution in [3.63, 3.8) is 0 Å². The van der Waals surface area contributed by atoms with E-state index in [0.717, 1.165) is 5.43 Å². The van der Waals surface area contributed by atoms with Gasteiger partial charge in [0.05, 0.1) is 15.5 Å². The topological polar surface area (TPSA) is 57.0 Å². The smallest absolute Gasteiger partial charge is 0.439 e. The van der Waals surface area contributed by atoms with E-state index < -0.39 is 6.09 Å². The van der Waals surface area contributed by atoms with E-state index in [-0.39, 0.29) is 5.41 Å². The summed E-state index contributed by atoms with van der Waals surface area (Å²) < 4.78 is 5.69. The first-order valence-electron chi connectivity index (χ1n) is 3.84. The molecule has 0 saturated carbocycles. The summed E-state index contributed by atoms with van der Waals surface area (Å²) in [4.78, 5) is 11.0. The lowest BCUT2D eigenvalue weighted by Gasteiger charge is -2.11. The van der Waals surface area contributed by atoms with E-state index in [1.54, 1.807) is 0 Å². The lowest BCUT2D eigenvalue weighted by atomic mass is 9.98. The van der Waals surface area contributed by atoms with Gasteiger partial charge in [-0.05, 0) is 0 Å². The maximum Gasteiger partial charge on any atom is 0.439 e. The van der Waals surface area contributed by atoms with E-state index in [1.807, 2.05) is 20.8 Å². The first-order chi connectivity index (χ1) is 5.95. The summed E-state index contributed by atoms with van der Waals surface area (Å²) >= 11 is 0. The van der Waals surface area contributed by atoms with Crippen LogP contribution in [0, 0.1) is 0 Å². The molecule has 0 aliphatic heterocycles. The molecular weight excluding hydrogens is 189 g/mol. The van der Waals surface area contributed by atoms with Crippen LogP contribution in [0.25, 0.3) is 0 Å². The fourth-order valence-electron chi connectivity index (χ4n) is 0.673. The molecule has 0 atom stereocenters. The Labute approximate surface area is 78.2 Å². The Morgan fingerprint density at radius 3 is 2.54 bits per heavy atom. The minimum absolute atomic E-state index is 0.0617. The lowest BCUT2D eigenvalue weighted by molar-refractivity contribution is 0.171. The molecule has 72 valence electrons. The van der Waals surface area contributed by atoms with Crippen molar-refractivity contribution in [2.24, 2.45) is 0 Å². The van der Waals surface area contributed by atoms with Crippen LogP contribution in [0.15, 0.2) is 0 Å². The molecular formula is C7H12N3O2P. The molecule has 1 rings (SSSR count). The van der Waals surface area contributed by atoms with Gasteiger partial charge in [-0.2, -0.15) is 0 Å². The Kier molecular flexibility index (Phi) is 2.66. The van der Waals surface area contributed by atoms with Crippen LogP contribution < -0.4 is 0 Å². The zero-order valence-electron chi connectivity index (χ0n) is 8.11. The van der Waals surface area contributed by atoms with Crippen LogP contribution in [-0.2, 0) is 10.2 Å². The number of aromatic nitrogens is 3. The Morgan fingerprint density at radius 2 is 2.15 bits per heavy atom. The number of nitrogens with zero attached hydrogens (tertiary/aromatic N) is 3. The normalized spacial score (nSPS) is 12.0. The molecule has 0 N–H and O–H groups in total. The lowest BCUT2D eigenvalue weighted by Crippen LogP contribution is -2.09. The summed E-state index contributed by atoms with van der Waals surface area (Å²) in [5.41, 5.74) is 0.797. The number of carbonyl (C=O) groups is 1. The average Bonchev–Trinajstić information content (AvgIpc) is 2.50. The number of carbonyl (C=O) groups excluding carboxylic acids is 1. The Bertz CT molecular complexity index is 316. The predicted octanol–water partition coefficient (Wildman–Crippen LogP) is 1.77. The second-order valence-corrected chi connectivity index (χ2v) is 4.63. The van der Waals surface area contributed by atoms with Crippen molar-refractivity contribution in [1.82, 2.24) is 14.8 Å². The molecule has 0 amide bonds. The second-order valence-electron chi connectivity index (χ2n) is 3.62. The Morgan fingerprint density at radius 1 is 1.54 bits per heavy atom. The van der Waals surface area contributed by atoms with Gasteiger partial charge in [-0.15, -0.1) is 9.54 Å². The van der Waals surface area contributed by atoms with Crippen LogP contribution >= 0.6 is 8.35 Å². The van der Waals surface area contributed by atoms with Gasteiger partial charge >= 0.3 is 6.09 Å². The summed E-state index contributed by atoms with van der Waals surface area (Å²) in [5.74, 6) is 0. The zero-order valence-corrected chi connectivity index (χ0v) is 9.00. The summed E-state index contributed by atoms with van der Waals surface area (Å²) in [5, 5.41) is 7.60. The van der Waals surface area contributed by atoms with Crippen LogP contribution in [0.1, 0.15) is 26.2 Å². The van der Waals surface area contributed by atoms with Crippen molar-refractivity contribution in [3.8, 4) is 0 Å². The molecule has 0 saturated heterocycles. The van der Waals surface area contributed by atoms with E-state index in [4.69, 9.17) is 0 Å². The maximum atomic E-state index is 11.0. The molecule has 1 aromatic heterocycles. The van der Waals surface area contributed by atoms with Crippen molar-refractivity contribution in [2.75, 3.05) is 7.11 Å². The van der Waals surface area contributed by atoms with E-state index in [2.05, 4.69) is 15.0 Å². The van der Waals surface area contributed by atoms with Crippen molar-refractivity contribution >= 4 is 14.4 Å². The molecule has 1 aromatic rings. The van der Waals surface area contributed by atoms with Gasteiger partial charge in [-0.25, -0.2) is 4.79 Å². The Balaban J connectivity index is 2.93. The number of hydrogen-bond donors (Lipinski definition) is 0. The highest BCUT2D eigenvalue weighted by molar-refractivity contribution is 7.27. The first kappa shape index (κ1) is 10.1. The highest BCUT2D eigenvalue weighted by Gasteiger charge is 2.20. The van der Waals surface area contributed by atoms with Gasteiger partial charge in [0.25, 0.3) is 0 Å². The monoisotopic (exact) mass is 201 g/mol. The van der Waals surface area contributed by atoms with E-state index in [9.17, 15) is 4.79 Å². The number of hydrogen-bond acceptors (Lipinski definition) is 4. The van der Waals surface area contributed by atoms with Crippen LogP contribution in [0.5, 0.6) is 0 Å². The third-order valence-corrected chi connectivity index (χ3v) is 2.80. The van der Waals surface area contributed by atoms with Crippen LogP contribution in [-0.4, -0.2) is 28.0 Å². The molecule has 0 radical (unpaired) electrons. The molecule has 0 aromatic carbocycles. The molecule has 13 heavy (non-hydrogen) atoms. The fourth-order valence-corrected chi connectivity index (χ4v) is 1.48. The minimum atomic E-state index is -0.482. The van der Waals surface area contributed by atoms with Crippen molar-refractivity contribution in [2.45, 2.75) is 26.2 Å². The SMILES string of the molecule is COC(=O)n1nnc(C(C)(C)C)p1. The number of rotatable bonds is 0.